The molecule has 0 atom stereocenters. The monoisotopic (exact) mass is 182 g/mol. The van der Waals surface area contributed by atoms with E-state index < -0.39 is 7.12 Å². The van der Waals surface area contributed by atoms with E-state index >= 15 is 0 Å². The predicted molar refractivity (Wildman–Crippen MR) is 51.5 cm³/mol. The minimum atomic E-state index is -1.42. The van der Waals surface area contributed by atoms with Crippen molar-refractivity contribution in [1.29, 1.82) is 0 Å². The van der Waals surface area contributed by atoms with Crippen LogP contribution in [0.2, 0.25) is 0 Å². The fourth-order valence-electron chi connectivity index (χ4n) is 1.13. The van der Waals surface area contributed by atoms with Gasteiger partial charge in [-0.15, -0.1) is 0 Å². The molecule has 1 aromatic rings. The first-order chi connectivity index (χ1) is 6.11. The highest BCUT2D eigenvalue weighted by molar-refractivity contribution is 6.57. The van der Waals surface area contributed by atoms with Crippen molar-refractivity contribution < 1.29 is 10.0 Å². The molecule has 4 nitrogen and oxygen atoms in total. The molecule has 0 aliphatic heterocycles. The molecule has 0 saturated carbocycles. The third-order valence-electron chi connectivity index (χ3n) is 1.93. The zero-order valence-corrected chi connectivity index (χ0v) is 8.01. The van der Waals surface area contributed by atoms with Gasteiger partial charge in [0.2, 0.25) is 0 Å². The number of aryl methyl sites for hydroxylation is 1. The van der Waals surface area contributed by atoms with E-state index in [0.29, 0.717) is 11.5 Å². The number of nitrogens with zero attached hydrogens (tertiary/aromatic N) is 2. The van der Waals surface area contributed by atoms with Crippen molar-refractivity contribution in [3.8, 4) is 0 Å². The summed E-state index contributed by atoms with van der Waals surface area (Å²) >= 11 is 0. The summed E-state index contributed by atoms with van der Waals surface area (Å²) in [6.07, 6.45) is 2.57. The van der Waals surface area contributed by atoms with Crippen LogP contribution in [0, 0.1) is 5.92 Å². The molecule has 5 heteroatoms. The van der Waals surface area contributed by atoms with Gasteiger partial charge in [0.15, 0.2) is 0 Å². The lowest BCUT2D eigenvalue weighted by Crippen LogP contribution is -2.36. The van der Waals surface area contributed by atoms with Crippen molar-refractivity contribution in [3.63, 3.8) is 0 Å². The molecule has 0 spiro atoms. The summed E-state index contributed by atoms with van der Waals surface area (Å²) in [6.45, 7) is 4.98. The molecule has 1 aromatic heterocycles. The minimum absolute atomic E-state index is 0.459. The molecule has 0 bridgehead atoms. The Morgan fingerprint density at radius 3 is 2.77 bits per heavy atom. The highest BCUT2D eigenvalue weighted by atomic mass is 16.4. The van der Waals surface area contributed by atoms with Crippen LogP contribution in [0.4, 0.5) is 0 Å². The standard InChI is InChI=1S/C8H15BN2O2/c1-7(2)4-6-11-8(9(12)13)3-5-10-11/h3,5,7,12-13H,4,6H2,1-2H3. The van der Waals surface area contributed by atoms with Crippen LogP contribution in [-0.4, -0.2) is 26.9 Å². The average Bonchev–Trinajstić information content (AvgIpc) is 2.47. The lowest BCUT2D eigenvalue weighted by atomic mass is 9.86. The van der Waals surface area contributed by atoms with E-state index in [1.807, 2.05) is 0 Å². The van der Waals surface area contributed by atoms with E-state index in [1.54, 1.807) is 16.9 Å². The lowest BCUT2D eigenvalue weighted by molar-refractivity contribution is 0.416. The quantitative estimate of drug-likeness (QED) is 0.623. The summed E-state index contributed by atoms with van der Waals surface area (Å²) in [7, 11) is -1.42. The van der Waals surface area contributed by atoms with Crippen LogP contribution in [0.1, 0.15) is 20.3 Å². The zero-order chi connectivity index (χ0) is 9.84. The molecule has 0 amide bonds. The largest absolute Gasteiger partial charge is 0.507 e. The second-order valence-electron chi connectivity index (χ2n) is 3.54. The van der Waals surface area contributed by atoms with E-state index in [2.05, 4.69) is 18.9 Å². The maximum Gasteiger partial charge on any atom is 0.507 e. The van der Waals surface area contributed by atoms with Gasteiger partial charge >= 0.3 is 7.12 Å². The Bertz CT molecular complexity index is 260. The number of rotatable bonds is 4. The second-order valence-corrected chi connectivity index (χ2v) is 3.54. The van der Waals surface area contributed by atoms with Crippen LogP contribution in [0.25, 0.3) is 0 Å². The first-order valence-corrected chi connectivity index (χ1v) is 4.49. The molecule has 0 radical (unpaired) electrons. The highest BCUT2D eigenvalue weighted by Gasteiger charge is 2.16. The molecule has 2 N–H and O–H groups in total. The first kappa shape index (κ1) is 10.3. The SMILES string of the molecule is CC(C)CCn1nccc1B(O)O. The molecule has 0 aromatic carbocycles. The van der Waals surface area contributed by atoms with Crippen LogP contribution < -0.4 is 5.59 Å². The van der Waals surface area contributed by atoms with E-state index in [0.717, 1.165) is 13.0 Å². The topological polar surface area (TPSA) is 58.3 Å². The molecule has 72 valence electrons. The van der Waals surface area contributed by atoms with Gasteiger partial charge in [0.05, 0.1) is 5.59 Å². The Morgan fingerprint density at radius 1 is 1.54 bits per heavy atom. The fraction of sp³-hybridized carbons (Fsp3) is 0.625. The summed E-state index contributed by atoms with van der Waals surface area (Å²) in [5.74, 6) is 0.591. The second kappa shape index (κ2) is 4.44. The highest BCUT2D eigenvalue weighted by Crippen LogP contribution is 2.00. The van der Waals surface area contributed by atoms with Crippen LogP contribution in [-0.2, 0) is 6.54 Å². The summed E-state index contributed by atoms with van der Waals surface area (Å²) in [5, 5.41) is 21.9. The lowest BCUT2D eigenvalue weighted by Gasteiger charge is -2.08. The van der Waals surface area contributed by atoms with Crippen molar-refractivity contribution in [2.45, 2.75) is 26.8 Å². The van der Waals surface area contributed by atoms with Gasteiger partial charge < -0.3 is 10.0 Å². The Hall–Kier alpha value is -0.805. The first-order valence-electron chi connectivity index (χ1n) is 4.49. The molecule has 0 saturated heterocycles. The molecule has 1 heterocycles. The van der Waals surface area contributed by atoms with Crippen molar-refractivity contribution in [3.05, 3.63) is 12.3 Å². The maximum atomic E-state index is 8.95. The van der Waals surface area contributed by atoms with E-state index in [9.17, 15) is 0 Å². The van der Waals surface area contributed by atoms with Gasteiger partial charge in [-0.05, 0) is 18.4 Å². The maximum absolute atomic E-state index is 8.95. The molecular weight excluding hydrogens is 167 g/mol. The van der Waals surface area contributed by atoms with Crippen LogP contribution in [0.5, 0.6) is 0 Å². The fourth-order valence-corrected chi connectivity index (χ4v) is 1.13. The Kier molecular flexibility index (Phi) is 3.51. The summed E-state index contributed by atoms with van der Waals surface area (Å²) < 4.78 is 1.63. The van der Waals surface area contributed by atoms with Crippen LogP contribution in [0.3, 0.4) is 0 Å². The third-order valence-corrected chi connectivity index (χ3v) is 1.93. The molecule has 0 unspecified atom stereocenters. The number of hydrogen-bond acceptors (Lipinski definition) is 3. The Balaban J connectivity index is 2.60. The van der Waals surface area contributed by atoms with Crippen molar-refractivity contribution in [1.82, 2.24) is 9.78 Å². The average molecular weight is 182 g/mol. The number of hydrogen-bond donors (Lipinski definition) is 2. The van der Waals surface area contributed by atoms with Crippen LogP contribution in [0.15, 0.2) is 12.3 Å². The summed E-state index contributed by atoms with van der Waals surface area (Å²) in [5.41, 5.74) is 0.459. The van der Waals surface area contributed by atoms with E-state index in [-0.39, 0.29) is 0 Å². The van der Waals surface area contributed by atoms with Gasteiger partial charge in [0, 0.05) is 12.7 Å². The predicted octanol–water partition coefficient (Wildman–Crippen LogP) is -0.391. The molecule has 0 aliphatic rings. The molecule has 0 aliphatic carbocycles. The minimum Gasteiger partial charge on any atom is -0.422 e. The van der Waals surface area contributed by atoms with Gasteiger partial charge in [-0.2, -0.15) is 5.10 Å². The molecule has 1 rings (SSSR count). The normalized spacial score (nSPS) is 10.8. The van der Waals surface area contributed by atoms with Crippen LogP contribution >= 0.6 is 0 Å². The van der Waals surface area contributed by atoms with Gasteiger partial charge in [-0.25, -0.2) is 0 Å². The van der Waals surface area contributed by atoms with E-state index in [4.69, 9.17) is 10.0 Å². The third kappa shape index (κ3) is 2.86. The van der Waals surface area contributed by atoms with Gasteiger partial charge in [0.1, 0.15) is 0 Å². The zero-order valence-electron chi connectivity index (χ0n) is 8.01. The van der Waals surface area contributed by atoms with E-state index in [1.165, 1.54) is 0 Å². The van der Waals surface area contributed by atoms with Crippen molar-refractivity contribution >= 4 is 12.7 Å². The Labute approximate surface area is 78.3 Å². The Morgan fingerprint density at radius 2 is 2.23 bits per heavy atom. The van der Waals surface area contributed by atoms with Gasteiger partial charge in [0.25, 0.3) is 0 Å². The van der Waals surface area contributed by atoms with Crippen molar-refractivity contribution in [2.75, 3.05) is 0 Å². The van der Waals surface area contributed by atoms with Gasteiger partial charge in [-0.3, -0.25) is 4.68 Å². The molecule has 0 fully saturated rings. The smallest absolute Gasteiger partial charge is 0.422 e. The van der Waals surface area contributed by atoms with Crippen molar-refractivity contribution in [2.24, 2.45) is 5.92 Å². The van der Waals surface area contributed by atoms with Gasteiger partial charge in [-0.1, -0.05) is 13.8 Å². The summed E-state index contributed by atoms with van der Waals surface area (Å²) in [6, 6.07) is 1.62. The molecule has 13 heavy (non-hydrogen) atoms. The molecular formula is C8H15BN2O2. The number of aromatic nitrogens is 2. The summed E-state index contributed by atoms with van der Waals surface area (Å²) in [4.78, 5) is 0.